The van der Waals surface area contributed by atoms with E-state index in [2.05, 4.69) is 24.3 Å². The van der Waals surface area contributed by atoms with Crippen LogP contribution in [0, 0.1) is 5.92 Å². The Morgan fingerprint density at radius 3 is 2.86 bits per heavy atom. The summed E-state index contributed by atoms with van der Waals surface area (Å²) in [7, 11) is 0. The molecule has 0 heterocycles. The van der Waals surface area contributed by atoms with E-state index in [4.69, 9.17) is 9.84 Å². The van der Waals surface area contributed by atoms with E-state index in [1.165, 1.54) is 0 Å². The third-order valence-electron chi connectivity index (χ3n) is 2.35. The normalized spacial score (nSPS) is 20.2. The van der Waals surface area contributed by atoms with E-state index in [1.54, 1.807) is 0 Å². The van der Waals surface area contributed by atoms with Crippen LogP contribution in [-0.2, 0) is 4.74 Å². The van der Waals surface area contributed by atoms with Gasteiger partial charge in [0.2, 0.25) is 0 Å². The molecule has 0 amide bonds. The second-order valence-electron chi connectivity index (χ2n) is 3.67. The number of hydrogen-bond donors (Lipinski definition) is 1. The Morgan fingerprint density at radius 2 is 2.14 bits per heavy atom. The fraction of sp³-hybridized carbons (Fsp3) is 0.667. The van der Waals surface area contributed by atoms with Crippen LogP contribution < -0.4 is 0 Å². The molecule has 14 heavy (non-hydrogen) atoms. The molecule has 2 nitrogen and oxygen atoms in total. The second-order valence-corrected chi connectivity index (χ2v) is 3.67. The van der Waals surface area contributed by atoms with Gasteiger partial charge in [0.25, 0.3) is 0 Å². The van der Waals surface area contributed by atoms with Crippen LogP contribution in [0.1, 0.15) is 25.7 Å². The number of aliphatic hydroxyl groups is 1. The highest BCUT2D eigenvalue weighted by molar-refractivity contribution is 5.10. The summed E-state index contributed by atoms with van der Waals surface area (Å²) in [6, 6.07) is 0. The van der Waals surface area contributed by atoms with Crippen molar-refractivity contribution in [2.45, 2.75) is 25.7 Å². The van der Waals surface area contributed by atoms with Crippen LogP contribution in [0.3, 0.4) is 0 Å². The molecule has 0 aliphatic heterocycles. The summed E-state index contributed by atoms with van der Waals surface area (Å²) >= 11 is 0. The minimum atomic E-state index is 0.302. The van der Waals surface area contributed by atoms with E-state index in [1.807, 2.05) is 0 Å². The van der Waals surface area contributed by atoms with E-state index in [0.717, 1.165) is 38.9 Å². The molecule has 0 aromatic rings. The third kappa shape index (κ3) is 5.20. The van der Waals surface area contributed by atoms with Gasteiger partial charge in [0.1, 0.15) is 0 Å². The number of aliphatic hydroxyl groups excluding tert-OH is 1. The van der Waals surface area contributed by atoms with E-state index in [0.29, 0.717) is 12.5 Å². The molecule has 1 rings (SSSR count). The highest BCUT2D eigenvalue weighted by Gasteiger charge is 2.04. The Hall–Kier alpha value is -0.600. The fourth-order valence-electron chi connectivity index (χ4n) is 1.48. The molecule has 0 radical (unpaired) electrons. The lowest BCUT2D eigenvalue weighted by Gasteiger charge is -2.12. The Bertz CT molecular complexity index is 185. The van der Waals surface area contributed by atoms with Crippen molar-refractivity contribution < 1.29 is 9.84 Å². The van der Waals surface area contributed by atoms with E-state index in [9.17, 15) is 0 Å². The molecule has 0 bridgehead atoms. The largest absolute Gasteiger partial charge is 0.396 e. The summed E-state index contributed by atoms with van der Waals surface area (Å²) in [5.41, 5.74) is 0. The lowest BCUT2D eigenvalue weighted by atomic mass is 10.0. The Kier molecular flexibility index (Phi) is 6.37. The maximum Gasteiger partial charge on any atom is 0.0531 e. The minimum Gasteiger partial charge on any atom is -0.396 e. The Balaban J connectivity index is 1.88. The van der Waals surface area contributed by atoms with Crippen LogP contribution in [0.2, 0.25) is 0 Å². The monoisotopic (exact) mass is 196 g/mol. The molecule has 0 fully saturated rings. The fourth-order valence-corrected chi connectivity index (χ4v) is 1.48. The molecule has 2 heteroatoms. The van der Waals surface area contributed by atoms with Crippen molar-refractivity contribution in [3.63, 3.8) is 0 Å². The number of unbranched alkanes of at least 4 members (excludes halogenated alkanes) is 2. The molecule has 0 saturated carbocycles. The van der Waals surface area contributed by atoms with Gasteiger partial charge in [0.05, 0.1) is 6.61 Å². The van der Waals surface area contributed by atoms with Crippen molar-refractivity contribution in [3.05, 3.63) is 24.3 Å². The van der Waals surface area contributed by atoms with Crippen LogP contribution in [0.15, 0.2) is 24.3 Å². The molecule has 1 N–H and O–H groups in total. The number of hydrogen-bond acceptors (Lipinski definition) is 2. The predicted molar refractivity (Wildman–Crippen MR) is 58.1 cm³/mol. The first kappa shape index (κ1) is 11.5. The standard InChI is InChI=1S/C12H20O2/c13-9-5-2-6-10-14-11-12-7-3-1-4-8-12/h1,3-4,7,12-13H,2,5-6,8-11H2/t12-/m0/s1. The summed E-state index contributed by atoms with van der Waals surface area (Å²) in [5.74, 6) is 0.567. The van der Waals surface area contributed by atoms with Crippen molar-refractivity contribution in [2.24, 2.45) is 5.92 Å². The first-order chi connectivity index (χ1) is 6.93. The average Bonchev–Trinajstić information content (AvgIpc) is 2.25. The predicted octanol–water partition coefficient (Wildman–Crippen LogP) is 2.30. The molecule has 1 atom stereocenters. The summed E-state index contributed by atoms with van der Waals surface area (Å²) in [5, 5.41) is 8.57. The number of rotatable bonds is 7. The maximum absolute atomic E-state index is 8.57. The number of allylic oxidation sites excluding steroid dienone is 3. The van der Waals surface area contributed by atoms with Gasteiger partial charge in [-0.05, 0) is 25.7 Å². The van der Waals surface area contributed by atoms with E-state index in [-0.39, 0.29) is 0 Å². The Morgan fingerprint density at radius 1 is 1.21 bits per heavy atom. The van der Waals surface area contributed by atoms with Gasteiger partial charge in [0, 0.05) is 19.1 Å². The molecule has 0 aromatic heterocycles. The molecule has 0 unspecified atom stereocenters. The summed E-state index contributed by atoms with van der Waals surface area (Å²) in [6.07, 6.45) is 12.7. The molecule has 80 valence electrons. The van der Waals surface area contributed by atoms with Crippen LogP contribution in [-0.4, -0.2) is 24.9 Å². The van der Waals surface area contributed by atoms with Gasteiger partial charge in [-0.2, -0.15) is 0 Å². The molecular formula is C12H20O2. The van der Waals surface area contributed by atoms with Gasteiger partial charge in [0.15, 0.2) is 0 Å². The summed E-state index contributed by atoms with van der Waals surface area (Å²) in [4.78, 5) is 0. The van der Waals surface area contributed by atoms with Crippen molar-refractivity contribution in [3.8, 4) is 0 Å². The van der Waals surface area contributed by atoms with Crippen LogP contribution in [0.25, 0.3) is 0 Å². The SMILES string of the molecule is OCCCCCOC[C@H]1C=CC=CC1. The zero-order valence-electron chi connectivity index (χ0n) is 8.69. The summed E-state index contributed by atoms with van der Waals surface area (Å²) < 4.78 is 5.55. The van der Waals surface area contributed by atoms with Crippen molar-refractivity contribution in [2.75, 3.05) is 19.8 Å². The van der Waals surface area contributed by atoms with Gasteiger partial charge in [-0.1, -0.05) is 24.3 Å². The van der Waals surface area contributed by atoms with E-state index >= 15 is 0 Å². The van der Waals surface area contributed by atoms with Crippen molar-refractivity contribution in [1.82, 2.24) is 0 Å². The first-order valence-electron chi connectivity index (χ1n) is 5.45. The van der Waals surface area contributed by atoms with E-state index < -0.39 is 0 Å². The van der Waals surface area contributed by atoms with Crippen LogP contribution >= 0.6 is 0 Å². The zero-order valence-corrected chi connectivity index (χ0v) is 8.69. The molecule has 1 aliphatic rings. The first-order valence-corrected chi connectivity index (χ1v) is 5.45. The van der Waals surface area contributed by atoms with Gasteiger partial charge >= 0.3 is 0 Å². The average molecular weight is 196 g/mol. The van der Waals surface area contributed by atoms with Gasteiger partial charge < -0.3 is 9.84 Å². The van der Waals surface area contributed by atoms with Crippen LogP contribution in [0.5, 0.6) is 0 Å². The minimum absolute atomic E-state index is 0.302. The van der Waals surface area contributed by atoms with Crippen molar-refractivity contribution in [1.29, 1.82) is 0 Å². The highest BCUT2D eigenvalue weighted by atomic mass is 16.5. The highest BCUT2D eigenvalue weighted by Crippen LogP contribution is 2.11. The Labute approximate surface area is 86.3 Å². The van der Waals surface area contributed by atoms with Gasteiger partial charge in [-0.3, -0.25) is 0 Å². The van der Waals surface area contributed by atoms with Gasteiger partial charge in [-0.15, -0.1) is 0 Å². The number of ether oxygens (including phenoxy) is 1. The maximum atomic E-state index is 8.57. The molecule has 0 aromatic carbocycles. The van der Waals surface area contributed by atoms with Crippen LogP contribution in [0.4, 0.5) is 0 Å². The molecule has 0 saturated heterocycles. The quantitative estimate of drug-likeness (QED) is 0.633. The van der Waals surface area contributed by atoms with Crippen molar-refractivity contribution >= 4 is 0 Å². The molecule has 1 aliphatic carbocycles. The second kappa shape index (κ2) is 7.77. The molecule has 0 spiro atoms. The zero-order chi connectivity index (χ0) is 10.1. The smallest absolute Gasteiger partial charge is 0.0531 e. The summed E-state index contributed by atoms with van der Waals surface area (Å²) in [6.45, 7) is 1.96. The third-order valence-corrected chi connectivity index (χ3v) is 2.35. The van der Waals surface area contributed by atoms with Gasteiger partial charge in [-0.25, -0.2) is 0 Å². The lowest BCUT2D eigenvalue weighted by molar-refractivity contribution is 0.108. The topological polar surface area (TPSA) is 29.5 Å². The lowest BCUT2D eigenvalue weighted by Crippen LogP contribution is -2.08. The molecular weight excluding hydrogens is 176 g/mol.